The number of pyridine rings is 1. The van der Waals surface area contributed by atoms with Gasteiger partial charge < -0.3 is 15.7 Å². The number of aliphatic carboxylic acids is 1. The third-order valence-electron chi connectivity index (χ3n) is 6.10. The topological polar surface area (TPSA) is 99.8 Å². The van der Waals surface area contributed by atoms with Crippen LogP contribution in [0, 0.1) is 0 Å². The van der Waals surface area contributed by atoms with Crippen molar-refractivity contribution in [2.24, 2.45) is 0 Å². The molecule has 0 bridgehead atoms. The molecule has 1 aliphatic rings. The Morgan fingerprint density at radius 2 is 1.91 bits per heavy atom. The lowest BCUT2D eigenvalue weighted by Gasteiger charge is -2.40. The Labute approximate surface area is 197 Å². The number of carboxylic acids is 1. The van der Waals surface area contributed by atoms with Crippen LogP contribution in [0.1, 0.15) is 30.1 Å². The molecular formula is C25H27ClN4O3. The number of carbonyl (C=O) groups is 2. The Kier molecular flexibility index (Phi) is 6.81. The molecule has 3 aromatic rings. The van der Waals surface area contributed by atoms with Crippen molar-refractivity contribution in [3.8, 4) is 11.3 Å². The smallest absolute Gasteiger partial charge is 0.303 e. The van der Waals surface area contributed by atoms with Crippen molar-refractivity contribution in [2.45, 2.75) is 25.8 Å². The molecule has 8 heteroatoms. The summed E-state index contributed by atoms with van der Waals surface area (Å²) in [5.41, 5.74) is 9.33. The number of carbonyl (C=O) groups excluding carboxylic acids is 1. The summed E-state index contributed by atoms with van der Waals surface area (Å²) >= 11 is 6.52. The second kappa shape index (κ2) is 9.77. The summed E-state index contributed by atoms with van der Waals surface area (Å²) in [6.07, 6.45) is 0.776. The fourth-order valence-electron chi connectivity index (χ4n) is 4.25. The summed E-state index contributed by atoms with van der Waals surface area (Å²) < 4.78 is 0. The largest absolute Gasteiger partial charge is 0.481 e. The number of benzene rings is 2. The Morgan fingerprint density at radius 1 is 1.15 bits per heavy atom. The third-order valence-corrected chi connectivity index (χ3v) is 6.41. The molecule has 1 fully saturated rings. The molecule has 0 saturated carbocycles. The predicted molar refractivity (Wildman–Crippen MR) is 130 cm³/mol. The lowest BCUT2D eigenvalue weighted by molar-refractivity contribution is -0.137. The molecule has 2 heterocycles. The molecule has 7 nitrogen and oxygen atoms in total. The number of anilines is 1. The maximum Gasteiger partial charge on any atom is 0.303 e. The molecule has 0 unspecified atom stereocenters. The molecule has 1 aliphatic heterocycles. The van der Waals surface area contributed by atoms with Gasteiger partial charge in [0, 0.05) is 54.3 Å². The maximum atomic E-state index is 13.2. The molecule has 172 valence electrons. The van der Waals surface area contributed by atoms with Gasteiger partial charge in [0.25, 0.3) is 5.91 Å². The van der Waals surface area contributed by atoms with Crippen molar-refractivity contribution in [3.05, 3.63) is 59.1 Å². The van der Waals surface area contributed by atoms with Crippen LogP contribution in [-0.4, -0.2) is 64.0 Å². The van der Waals surface area contributed by atoms with Gasteiger partial charge in [-0.1, -0.05) is 29.8 Å². The van der Waals surface area contributed by atoms with Gasteiger partial charge in [0.15, 0.2) is 0 Å². The van der Waals surface area contributed by atoms with Crippen LogP contribution in [0.2, 0.25) is 5.02 Å². The molecule has 1 atom stereocenters. The van der Waals surface area contributed by atoms with Gasteiger partial charge in [-0.3, -0.25) is 14.5 Å². The average molecular weight is 467 g/mol. The van der Waals surface area contributed by atoms with E-state index in [1.807, 2.05) is 41.3 Å². The van der Waals surface area contributed by atoms with Crippen LogP contribution in [0.5, 0.6) is 0 Å². The van der Waals surface area contributed by atoms with E-state index >= 15 is 0 Å². The summed E-state index contributed by atoms with van der Waals surface area (Å²) in [5, 5.41) is 10.2. The first-order valence-corrected chi connectivity index (χ1v) is 11.4. The number of nitrogens with zero attached hydrogens (tertiary/aromatic N) is 3. The number of carboxylic acid groups (broad SMARTS) is 1. The van der Waals surface area contributed by atoms with Crippen molar-refractivity contribution >= 4 is 40.1 Å². The number of nitrogen functional groups attached to an aromatic ring is 1. The number of fused-ring (bicyclic) bond motifs is 1. The molecule has 3 N–H and O–H groups in total. The lowest BCUT2D eigenvalue weighted by atomic mass is 10.1. The number of halogens is 1. The molecule has 1 saturated heterocycles. The molecule has 4 rings (SSSR count). The van der Waals surface area contributed by atoms with E-state index in [0.717, 1.165) is 29.7 Å². The Balaban J connectivity index is 1.51. The molecule has 33 heavy (non-hydrogen) atoms. The minimum absolute atomic E-state index is 0.0373. The summed E-state index contributed by atoms with van der Waals surface area (Å²) in [4.78, 5) is 32.8. The first-order valence-electron chi connectivity index (χ1n) is 11.0. The maximum absolute atomic E-state index is 13.2. The summed E-state index contributed by atoms with van der Waals surface area (Å²) in [7, 11) is 0. The Bertz CT molecular complexity index is 1180. The first-order chi connectivity index (χ1) is 15.8. The highest BCUT2D eigenvalue weighted by atomic mass is 35.5. The fraction of sp³-hybridized carbons (Fsp3) is 0.320. The van der Waals surface area contributed by atoms with Crippen LogP contribution in [0.3, 0.4) is 0 Å². The fourth-order valence-corrected chi connectivity index (χ4v) is 4.51. The standard InChI is InChI=1S/C25H27ClN4O3/c1-16-15-30(12-11-29(16)10-2-3-24(31)32)25(33)18-6-9-20-21(26)14-22(28-23(20)13-18)17-4-7-19(27)8-5-17/h4-9,13-14,16H,2-3,10-12,15,27H2,1H3,(H,31,32)/t16-/m1/s1. The minimum atomic E-state index is -0.777. The van der Waals surface area contributed by atoms with Gasteiger partial charge in [0.05, 0.1) is 16.2 Å². The molecule has 0 aliphatic carbocycles. The van der Waals surface area contributed by atoms with Gasteiger partial charge in [0.1, 0.15) is 0 Å². The van der Waals surface area contributed by atoms with Crippen LogP contribution in [0.4, 0.5) is 5.69 Å². The van der Waals surface area contributed by atoms with Crippen LogP contribution in [-0.2, 0) is 4.79 Å². The number of amides is 1. The second-order valence-corrected chi connectivity index (χ2v) is 8.88. The van der Waals surface area contributed by atoms with Gasteiger partial charge >= 0.3 is 5.97 Å². The van der Waals surface area contributed by atoms with Gasteiger partial charge in [-0.15, -0.1) is 0 Å². The van der Waals surface area contributed by atoms with Crippen LogP contribution >= 0.6 is 11.6 Å². The zero-order chi connectivity index (χ0) is 23.5. The number of nitrogens with two attached hydrogens (primary N) is 1. The van der Waals surface area contributed by atoms with Gasteiger partial charge in [-0.2, -0.15) is 0 Å². The van der Waals surface area contributed by atoms with Gasteiger partial charge in [0.2, 0.25) is 0 Å². The minimum Gasteiger partial charge on any atom is -0.481 e. The SMILES string of the molecule is C[C@@H]1CN(C(=O)c2ccc3c(Cl)cc(-c4ccc(N)cc4)nc3c2)CCN1CCCC(=O)O. The van der Waals surface area contributed by atoms with E-state index in [-0.39, 0.29) is 18.4 Å². The van der Waals surface area contributed by atoms with Crippen molar-refractivity contribution in [1.82, 2.24) is 14.8 Å². The monoisotopic (exact) mass is 466 g/mol. The average Bonchev–Trinajstić information content (AvgIpc) is 2.79. The van der Waals surface area contributed by atoms with Crippen molar-refractivity contribution in [3.63, 3.8) is 0 Å². The van der Waals surface area contributed by atoms with E-state index in [4.69, 9.17) is 27.4 Å². The summed E-state index contributed by atoms with van der Waals surface area (Å²) in [5.74, 6) is -0.814. The quantitative estimate of drug-likeness (QED) is 0.529. The highest BCUT2D eigenvalue weighted by Crippen LogP contribution is 2.29. The first kappa shape index (κ1) is 23.0. The van der Waals surface area contributed by atoms with Gasteiger partial charge in [-0.05, 0) is 50.2 Å². The normalized spacial score (nSPS) is 16.8. The van der Waals surface area contributed by atoms with E-state index < -0.39 is 5.97 Å². The second-order valence-electron chi connectivity index (χ2n) is 8.48. The van der Waals surface area contributed by atoms with Crippen LogP contribution in [0.25, 0.3) is 22.2 Å². The molecule has 1 aromatic heterocycles. The van der Waals surface area contributed by atoms with E-state index in [1.54, 1.807) is 12.1 Å². The van der Waals surface area contributed by atoms with E-state index in [1.165, 1.54) is 0 Å². The Morgan fingerprint density at radius 3 is 2.61 bits per heavy atom. The molecule has 0 radical (unpaired) electrons. The summed E-state index contributed by atoms with van der Waals surface area (Å²) in [6.45, 7) is 4.73. The van der Waals surface area contributed by atoms with Crippen LogP contribution in [0.15, 0.2) is 48.5 Å². The van der Waals surface area contributed by atoms with Crippen molar-refractivity contribution in [1.29, 1.82) is 0 Å². The zero-order valence-corrected chi connectivity index (χ0v) is 19.3. The number of hydrogen-bond donors (Lipinski definition) is 2. The highest BCUT2D eigenvalue weighted by Gasteiger charge is 2.27. The third kappa shape index (κ3) is 5.26. The zero-order valence-electron chi connectivity index (χ0n) is 18.5. The lowest BCUT2D eigenvalue weighted by Crippen LogP contribution is -2.53. The van der Waals surface area contributed by atoms with Crippen molar-refractivity contribution < 1.29 is 14.7 Å². The predicted octanol–water partition coefficient (Wildman–Crippen LogP) is 4.15. The number of aromatic nitrogens is 1. The molecule has 2 aromatic carbocycles. The van der Waals surface area contributed by atoms with Crippen LogP contribution < -0.4 is 5.73 Å². The molecule has 0 spiro atoms. The van der Waals surface area contributed by atoms with E-state index in [2.05, 4.69) is 11.8 Å². The van der Waals surface area contributed by atoms with Gasteiger partial charge in [-0.25, -0.2) is 4.98 Å². The Hall–Kier alpha value is -3.16. The summed E-state index contributed by atoms with van der Waals surface area (Å²) in [6, 6.07) is 14.9. The van der Waals surface area contributed by atoms with Crippen molar-refractivity contribution in [2.75, 3.05) is 31.9 Å². The number of hydrogen-bond acceptors (Lipinski definition) is 5. The number of piperazine rings is 1. The highest BCUT2D eigenvalue weighted by molar-refractivity contribution is 6.35. The van der Waals surface area contributed by atoms with E-state index in [0.29, 0.717) is 41.3 Å². The molecule has 1 amide bonds. The molecular weight excluding hydrogens is 440 g/mol. The number of rotatable bonds is 6. The van der Waals surface area contributed by atoms with E-state index in [9.17, 15) is 9.59 Å².